The van der Waals surface area contributed by atoms with Crippen LogP contribution in [0.4, 0.5) is 5.69 Å². The van der Waals surface area contributed by atoms with Gasteiger partial charge in [0.05, 0.1) is 17.9 Å². The summed E-state index contributed by atoms with van der Waals surface area (Å²) in [7, 11) is 0. The average Bonchev–Trinajstić information content (AvgIpc) is 2.47. The fourth-order valence-corrected chi connectivity index (χ4v) is 3.16. The molecule has 2 aliphatic rings. The van der Waals surface area contributed by atoms with Crippen LogP contribution in [-0.4, -0.2) is 47.6 Å². The highest BCUT2D eigenvalue weighted by atomic mass is 35.5. The van der Waals surface area contributed by atoms with Gasteiger partial charge in [-0.3, -0.25) is 9.59 Å². The van der Waals surface area contributed by atoms with E-state index in [1.54, 1.807) is 23.1 Å². The molecule has 23 heavy (non-hydrogen) atoms. The number of benzene rings is 1. The van der Waals surface area contributed by atoms with E-state index in [9.17, 15) is 9.59 Å². The van der Waals surface area contributed by atoms with Gasteiger partial charge in [0.25, 0.3) is 17.4 Å². The van der Waals surface area contributed by atoms with Crippen molar-refractivity contribution < 1.29 is 19.1 Å². The molecular formula is C16H19ClN2O4. The monoisotopic (exact) mass is 338 g/mol. The Morgan fingerprint density at radius 2 is 2.00 bits per heavy atom. The van der Waals surface area contributed by atoms with Crippen molar-refractivity contribution >= 4 is 29.1 Å². The van der Waals surface area contributed by atoms with Gasteiger partial charge in [0.2, 0.25) is 0 Å². The molecule has 1 aromatic carbocycles. The number of hydrogen-bond donors (Lipinski definition) is 1. The summed E-state index contributed by atoms with van der Waals surface area (Å²) in [4.78, 5) is 27.0. The number of amides is 2. The molecule has 1 fully saturated rings. The zero-order chi connectivity index (χ0) is 16.8. The summed E-state index contributed by atoms with van der Waals surface area (Å²) < 4.78 is 11.4. The van der Waals surface area contributed by atoms with E-state index < -0.39 is 11.5 Å². The van der Waals surface area contributed by atoms with Gasteiger partial charge in [-0.1, -0.05) is 11.6 Å². The van der Waals surface area contributed by atoms with Crippen molar-refractivity contribution in [1.82, 2.24) is 4.90 Å². The van der Waals surface area contributed by atoms with Crippen LogP contribution in [0, 0.1) is 0 Å². The van der Waals surface area contributed by atoms with E-state index in [1.807, 2.05) is 13.8 Å². The van der Waals surface area contributed by atoms with Crippen molar-refractivity contribution in [3.63, 3.8) is 0 Å². The van der Waals surface area contributed by atoms with E-state index in [0.29, 0.717) is 29.5 Å². The van der Waals surface area contributed by atoms with Gasteiger partial charge in [-0.25, -0.2) is 0 Å². The van der Waals surface area contributed by atoms with Crippen LogP contribution in [0.5, 0.6) is 5.75 Å². The van der Waals surface area contributed by atoms with E-state index in [0.717, 1.165) is 0 Å². The summed E-state index contributed by atoms with van der Waals surface area (Å²) >= 11 is 5.92. The minimum atomic E-state index is -1.60. The first kappa shape index (κ1) is 16.1. The van der Waals surface area contributed by atoms with Crippen LogP contribution in [0.25, 0.3) is 0 Å². The van der Waals surface area contributed by atoms with Gasteiger partial charge in [-0.15, -0.1) is 0 Å². The molecule has 124 valence electrons. The van der Waals surface area contributed by atoms with Gasteiger partial charge in [-0.05, 0) is 39.0 Å². The van der Waals surface area contributed by atoms with Crippen LogP contribution in [0.1, 0.15) is 20.8 Å². The predicted octanol–water partition coefficient (Wildman–Crippen LogP) is 2.07. The second kappa shape index (κ2) is 5.69. The number of fused-ring (bicyclic) bond motifs is 1. The molecule has 3 rings (SSSR count). The lowest BCUT2D eigenvalue weighted by atomic mass is 10.00. The molecule has 1 aromatic rings. The molecule has 3 unspecified atom stereocenters. The summed E-state index contributed by atoms with van der Waals surface area (Å²) in [5.74, 6) is -0.430. The number of nitrogens with one attached hydrogen (secondary N) is 1. The van der Waals surface area contributed by atoms with Gasteiger partial charge >= 0.3 is 0 Å². The molecule has 0 spiro atoms. The molecule has 2 aliphatic heterocycles. The molecule has 6 nitrogen and oxygen atoms in total. The largest absolute Gasteiger partial charge is 0.466 e. The summed E-state index contributed by atoms with van der Waals surface area (Å²) in [5, 5.41) is 3.19. The fourth-order valence-electron chi connectivity index (χ4n) is 2.98. The third kappa shape index (κ3) is 2.88. The Balaban J connectivity index is 1.87. The third-order valence-corrected chi connectivity index (χ3v) is 4.29. The van der Waals surface area contributed by atoms with Crippen molar-refractivity contribution in [3.05, 3.63) is 23.2 Å². The SMILES string of the molecule is CC1CN(C(=O)C2(C)Oc3ccc(Cl)cc3NC2=O)CC(C)O1. The second-order valence-electron chi connectivity index (χ2n) is 6.20. The number of carbonyl (C=O) groups excluding carboxylic acids is 2. The van der Waals surface area contributed by atoms with Crippen LogP contribution in [0.2, 0.25) is 5.02 Å². The Morgan fingerprint density at radius 3 is 2.65 bits per heavy atom. The van der Waals surface area contributed by atoms with Crippen molar-refractivity contribution in [2.45, 2.75) is 38.6 Å². The molecular weight excluding hydrogens is 320 g/mol. The molecule has 2 amide bonds. The van der Waals surface area contributed by atoms with Crippen LogP contribution >= 0.6 is 11.6 Å². The fraction of sp³-hybridized carbons (Fsp3) is 0.500. The van der Waals surface area contributed by atoms with Gasteiger partial charge in [-0.2, -0.15) is 0 Å². The van der Waals surface area contributed by atoms with Crippen LogP contribution < -0.4 is 10.1 Å². The molecule has 2 heterocycles. The molecule has 1 saturated heterocycles. The number of halogens is 1. The lowest BCUT2D eigenvalue weighted by Crippen LogP contribution is -2.62. The number of ether oxygens (including phenoxy) is 2. The lowest BCUT2D eigenvalue weighted by Gasteiger charge is -2.41. The second-order valence-corrected chi connectivity index (χ2v) is 6.63. The highest BCUT2D eigenvalue weighted by Crippen LogP contribution is 2.36. The van der Waals surface area contributed by atoms with Crippen LogP contribution in [-0.2, 0) is 14.3 Å². The zero-order valence-corrected chi connectivity index (χ0v) is 14.0. The molecule has 0 radical (unpaired) electrons. The van der Waals surface area contributed by atoms with Crippen molar-refractivity contribution in [2.24, 2.45) is 0 Å². The normalized spacial score (nSPS) is 30.3. The molecule has 1 N–H and O–H groups in total. The first-order chi connectivity index (χ1) is 10.8. The minimum Gasteiger partial charge on any atom is -0.466 e. The number of nitrogens with zero attached hydrogens (tertiary/aromatic N) is 1. The van der Waals surface area contributed by atoms with Gasteiger partial charge in [0, 0.05) is 18.1 Å². The molecule has 0 aliphatic carbocycles. The highest BCUT2D eigenvalue weighted by Gasteiger charge is 2.50. The minimum absolute atomic E-state index is 0.0796. The Kier molecular flexibility index (Phi) is 3.98. The van der Waals surface area contributed by atoms with Crippen molar-refractivity contribution in [2.75, 3.05) is 18.4 Å². The quantitative estimate of drug-likeness (QED) is 0.796. The number of anilines is 1. The van der Waals surface area contributed by atoms with Crippen molar-refractivity contribution in [3.8, 4) is 5.75 Å². The Hall–Kier alpha value is -1.79. The van der Waals surface area contributed by atoms with Gasteiger partial charge < -0.3 is 19.7 Å². The average molecular weight is 339 g/mol. The van der Waals surface area contributed by atoms with E-state index in [2.05, 4.69) is 5.32 Å². The van der Waals surface area contributed by atoms with Crippen LogP contribution in [0.3, 0.4) is 0 Å². The van der Waals surface area contributed by atoms with E-state index in [-0.39, 0.29) is 18.1 Å². The van der Waals surface area contributed by atoms with E-state index in [1.165, 1.54) is 6.92 Å². The predicted molar refractivity (Wildman–Crippen MR) is 85.7 cm³/mol. The Bertz CT molecular complexity index is 655. The smallest absolute Gasteiger partial charge is 0.278 e. The number of hydrogen-bond acceptors (Lipinski definition) is 4. The van der Waals surface area contributed by atoms with E-state index >= 15 is 0 Å². The van der Waals surface area contributed by atoms with Crippen molar-refractivity contribution in [1.29, 1.82) is 0 Å². The number of morpholine rings is 1. The third-order valence-electron chi connectivity index (χ3n) is 4.05. The first-order valence-corrected chi connectivity index (χ1v) is 7.92. The first-order valence-electron chi connectivity index (χ1n) is 7.54. The summed E-state index contributed by atoms with van der Waals surface area (Å²) in [5.41, 5.74) is -1.13. The molecule has 0 bridgehead atoms. The molecule has 0 aromatic heterocycles. The summed E-state index contributed by atoms with van der Waals surface area (Å²) in [6.07, 6.45) is -0.159. The zero-order valence-electron chi connectivity index (χ0n) is 13.3. The van der Waals surface area contributed by atoms with Crippen LogP contribution in [0.15, 0.2) is 18.2 Å². The Labute approximate surface area is 139 Å². The standard InChI is InChI=1S/C16H19ClN2O4/c1-9-7-19(8-10(2)22-9)15(21)16(3)14(20)18-12-6-11(17)4-5-13(12)23-16/h4-6,9-10H,7-8H2,1-3H3,(H,18,20). The molecule has 0 saturated carbocycles. The van der Waals surface area contributed by atoms with Gasteiger partial charge in [0.1, 0.15) is 5.75 Å². The summed E-state index contributed by atoms with van der Waals surface area (Å²) in [6.45, 7) is 6.16. The van der Waals surface area contributed by atoms with Gasteiger partial charge in [0.15, 0.2) is 0 Å². The maximum atomic E-state index is 12.9. The highest BCUT2D eigenvalue weighted by molar-refractivity contribution is 6.31. The number of rotatable bonds is 1. The number of carbonyl (C=O) groups is 2. The summed E-state index contributed by atoms with van der Waals surface area (Å²) in [6, 6.07) is 4.90. The Morgan fingerprint density at radius 1 is 1.35 bits per heavy atom. The maximum absolute atomic E-state index is 12.9. The maximum Gasteiger partial charge on any atom is 0.278 e. The topological polar surface area (TPSA) is 67.9 Å². The molecule has 7 heteroatoms. The lowest BCUT2D eigenvalue weighted by molar-refractivity contribution is -0.163. The van der Waals surface area contributed by atoms with E-state index in [4.69, 9.17) is 21.1 Å². The molecule has 3 atom stereocenters.